The first-order valence-electron chi connectivity index (χ1n) is 13.7. The molecule has 0 amide bonds. The van der Waals surface area contributed by atoms with E-state index < -0.39 is 0 Å². The first-order valence-corrected chi connectivity index (χ1v) is 13.7. The lowest BCUT2D eigenvalue weighted by atomic mass is 9.90. The normalized spacial score (nSPS) is 11.7. The number of allylic oxidation sites excluding steroid dienone is 1. The Morgan fingerprint density at radius 3 is 2.17 bits per heavy atom. The first kappa shape index (κ1) is 29.3. The molecule has 0 radical (unpaired) electrons. The molecule has 4 rings (SSSR count). The quantitative estimate of drug-likeness (QED) is 0.170. The number of aryl methyl sites for hydroxylation is 3. The van der Waals surface area contributed by atoms with E-state index in [9.17, 15) is 9.18 Å². The zero-order chi connectivity index (χ0) is 29.0. The lowest BCUT2D eigenvalue weighted by Crippen LogP contribution is -2.05. The third kappa shape index (κ3) is 8.65. The Morgan fingerprint density at radius 2 is 1.51 bits per heavy atom. The van der Waals surface area contributed by atoms with Crippen molar-refractivity contribution in [3.8, 4) is 11.8 Å². The number of carbonyl (C=O) groups excluding carboxylic acids is 1. The fourth-order valence-corrected chi connectivity index (χ4v) is 4.82. The van der Waals surface area contributed by atoms with Crippen molar-refractivity contribution in [2.75, 3.05) is 14.2 Å². The maximum atomic E-state index is 14.3. The van der Waals surface area contributed by atoms with Crippen LogP contribution < -0.4 is 4.74 Å². The molecule has 0 saturated heterocycles. The lowest BCUT2D eigenvalue weighted by Gasteiger charge is -2.15. The summed E-state index contributed by atoms with van der Waals surface area (Å²) in [4.78, 5) is 11.9. The number of rotatable bonds is 12. The van der Waals surface area contributed by atoms with Crippen molar-refractivity contribution >= 4 is 12.0 Å². The highest BCUT2D eigenvalue weighted by Gasteiger charge is 2.11. The minimum Gasteiger partial charge on any atom is -0.497 e. The largest absolute Gasteiger partial charge is 0.497 e. The van der Waals surface area contributed by atoms with E-state index >= 15 is 0 Å². The van der Waals surface area contributed by atoms with Gasteiger partial charge in [-0.3, -0.25) is 0 Å². The lowest BCUT2D eigenvalue weighted by molar-refractivity contribution is 0.0600. The van der Waals surface area contributed by atoms with Gasteiger partial charge < -0.3 is 9.47 Å². The fourth-order valence-electron chi connectivity index (χ4n) is 4.82. The summed E-state index contributed by atoms with van der Waals surface area (Å²) in [6.07, 6.45) is 8.32. The molecule has 0 aliphatic carbocycles. The number of halogens is 1. The zero-order valence-electron chi connectivity index (χ0n) is 23.5. The van der Waals surface area contributed by atoms with Crippen LogP contribution in [0.1, 0.15) is 50.2 Å². The molecule has 5 heteroatoms. The molecule has 208 valence electrons. The number of carbonyl (C=O) groups is 1. The molecule has 41 heavy (non-hydrogen) atoms. The van der Waals surface area contributed by atoms with E-state index in [1.165, 1.54) is 18.7 Å². The molecule has 0 fully saturated rings. The zero-order valence-corrected chi connectivity index (χ0v) is 23.5. The minimum absolute atomic E-state index is 0.173. The Balaban J connectivity index is 1.52. The number of nitrogens with zero attached hydrogens (tertiary/aromatic N) is 1. The molecule has 0 heterocycles. The average molecular weight is 548 g/mol. The summed E-state index contributed by atoms with van der Waals surface area (Å²) < 4.78 is 24.4. The topological polar surface area (TPSA) is 59.3 Å². The van der Waals surface area contributed by atoms with Crippen LogP contribution in [0.15, 0.2) is 97.1 Å². The SMILES string of the molecule is COC(=O)c1ccc(CC(/C=C/c2cc(F)ccc2CCc2ccc(OC)cc2)CCc2ccc(C#N)cc2)cc1. The van der Waals surface area contributed by atoms with E-state index in [0.717, 1.165) is 60.1 Å². The van der Waals surface area contributed by atoms with Gasteiger partial charge in [0.15, 0.2) is 0 Å². The Hall–Kier alpha value is -4.69. The summed E-state index contributed by atoms with van der Waals surface area (Å²) in [5.74, 6) is 0.380. The Bertz CT molecular complexity index is 1500. The molecule has 4 aromatic rings. The van der Waals surface area contributed by atoms with Gasteiger partial charge >= 0.3 is 5.97 Å². The van der Waals surface area contributed by atoms with Crippen molar-refractivity contribution in [3.63, 3.8) is 0 Å². The second kappa shape index (κ2) is 14.6. The van der Waals surface area contributed by atoms with Gasteiger partial charge in [-0.05, 0) is 114 Å². The van der Waals surface area contributed by atoms with Crippen LogP contribution in [0.5, 0.6) is 5.75 Å². The number of esters is 1. The van der Waals surface area contributed by atoms with Gasteiger partial charge in [0.05, 0.1) is 31.4 Å². The number of hydrogen-bond acceptors (Lipinski definition) is 4. The highest BCUT2D eigenvalue weighted by Crippen LogP contribution is 2.23. The van der Waals surface area contributed by atoms with Crippen LogP contribution in [0.2, 0.25) is 0 Å². The number of benzene rings is 4. The first-order chi connectivity index (χ1) is 20.0. The molecule has 4 nitrogen and oxygen atoms in total. The molecule has 0 aliphatic rings. The fraction of sp³-hybridized carbons (Fsp3) is 0.222. The third-order valence-corrected chi connectivity index (χ3v) is 7.26. The van der Waals surface area contributed by atoms with Crippen molar-refractivity contribution in [3.05, 3.63) is 142 Å². The van der Waals surface area contributed by atoms with Crippen LogP contribution >= 0.6 is 0 Å². The minimum atomic E-state index is -0.359. The van der Waals surface area contributed by atoms with Gasteiger partial charge in [0.25, 0.3) is 0 Å². The van der Waals surface area contributed by atoms with Crippen LogP contribution in [0.3, 0.4) is 0 Å². The van der Waals surface area contributed by atoms with Crippen LogP contribution in [0.25, 0.3) is 6.08 Å². The molecular formula is C36H34FNO3. The number of nitriles is 1. The van der Waals surface area contributed by atoms with E-state index in [1.807, 2.05) is 60.7 Å². The van der Waals surface area contributed by atoms with Crippen molar-refractivity contribution in [1.29, 1.82) is 5.26 Å². The summed E-state index contributed by atoms with van der Waals surface area (Å²) >= 11 is 0. The van der Waals surface area contributed by atoms with E-state index in [2.05, 4.69) is 24.3 Å². The molecular weight excluding hydrogens is 513 g/mol. The van der Waals surface area contributed by atoms with Crippen molar-refractivity contribution in [2.24, 2.45) is 5.92 Å². The van der Waals surface area contributed by atoms with Gasteiger partial charge in [-0.1, -0.05) is 54.6 Å². The van der Waals surface area contributed by atoms with Gasteiger partial charge in [-0.2, -0.15) is 5.26 Å². The molecule has 0 saturated carbocycles. The maximum absolute atomic E-state index is 14.3. The highest BCUT2D eigenvalue weighted by atomic mass is 19.1. The maximum Gasteiger partial charge on any atom is 0.337 e. The predicted molar refractivity (Wildman–Crippen MR) is 160 cm³/mol. The molecule has 0 N–H and O–H groups in total. The van der Waals surface area contributed by atoms with Gasteiger partial charge in [0.1, 0.15) is 11.6 Å². The molecule has 0 aliphatic heterocycles. The third-order valence-electron chi connectivity index (χ3n) is 7.26. The Labute approximate surface area is 241 Å². The monoisotopic (exact) mass is 547 g/mol. The molecule has 1 unspecified atom stereocenters. The van der Waals surface area contributed by atoms with E-state index in [1.54, 1.807) is 25.3 Å². The number of methoxy groups -OCH3 is 2. The standard InChI is InChI=1S/C36H34FNO3/c1-40-35-21-13-27(14-22-35)9-15-31-19-20-34(37)24-33(31)18-12-28(6-3-26-4-7-30(25-38)8-5-26)23-29-10-16-32(17-11-29)36(39)41-2/h4-5,7-8,10-14,16-22,24,28H,3,6,9,15,23H2,1-2H3/b18-12+. The van der Waals surface area contributed by atoms with Crippen LogP contribution in [-0.2, 0) is 30.4 Å². The van der Waals surface area contributed by atoms with Gasteiger partial charge in [0.2, 0.25) is 0 Å². The molecule has 0 aromatic heterocycles. The van der Waals surface area contributed by atoms with Gasteiger partial charge in [-0.25, -0.2) is 9.18 Å². The van der Waals surface area contributed by atoms with Gasteiger partial charge in [0, 0.05) is 0 Å². The second-order valence-electron chi connectivity index (χ2n) is 10.1. The summed E-state index contributed by atoms with van der Waals surface area (Å²) in [5, 5.41) is 9.10. The van der Waals surface area contributed by atoms with E-state index in [0.29, 0.717) is 11.1 Å². The number of ether oxygens (including phenoxy) is 2. The summed E-state index contributed by atoms with van der Waals surface area (Å²) in [6, 6.07) is 30.3. The van der Waals surface area contributed by atoms with E-state index in [-0.39, 0.29) is 17.7 Å². The van der Waals surface area contributed by atoms with Crippen molar-refractivity contribution < 1.29 is 18.7 Å². The average Bonchev–Trinajstić information content (AvgIpc) is 3.02. The second-order valence-corrected chi connectivity index (χ2v) is 10.1. The molecule has 0 bridgehead atoms. The summed E-state index contributed by atoms with van der Waals surface area (Å²) in [5.41, 5.74) is 6.59. The predicted octanol–water partition coefficient (Wildman–Crippen LogP) is 7.78. The molecule has 4 aromatic carbocycles. The molecule has 1 atom stereocenters. The summed E-state index contributed by atoms with van der Waals surface area (Å²) in [6.45, 7) is 0. The van der Waals surface area contributed by atoms with Crippen molar-refractivity contribution in [2.45, 2.75) is 32.1 Å². The van der Waals surface area contributed by atoms with E-state index in [4.69, 9.17) is 14.7 Å². The Morgan fingerprint density at radius 1 is 0.854 bits per heavy atom. The smallest absolute Gasteiger partial charge is 0.337 e. The Kier molecular flexibility index (Phi) is 10.5. The molecule has 0 spiro atoms. The van der Waals surface area contributed by atoms with Crippen LogP contribution in [-0.4, -0.2) is 20.2 Å². The van der Waals surface area contributed by atoms with Crippen LogP contribution in [0.4, 0.5) is 4.39 Å². The van der Waals surface area contributed by atoms with Crippen LogP contribution in [0, 0.1) is 23.1 Å². The van der Waals surface area contributed by atoms with Gasteiger partial charge in [-0.15, -0.1) is 0 Å². The van der Waals surface area contributed by atoms with Crippen molar-refractivity contribution in [1.82, 2.24) is 0 Å². The summed E-state index contributed by atoms with van der Waals surface area (Å²) in [7, 11) is 3.03. The number of hydrogen-bond donors (Lipinski definition) is 0. The highest BCUT2D eigenvalue weighted by molar-refractivity contribution is 5.89.